The van der Waals surface area contributed by atoms with Crippen LogP contribution in [-0.4, -0.2) is 26.0 Å². The first-order chi connectivity index (χ1) is 15.1. The summed E-state index contributed by atoms with van der Waals surface area (Å²) in [6, 6.07) is 18.4. The molecular formula is C24H26ClN2O4S+. The van der Waals surface area contributed by atoms with E-state index >= 15 is 0 Å². The standard InChI is InChI=1S/C24H25ClN2O4S/c1-17-9-11-21(12-10-17)32(30,31)27(15-24(26)29,23-8-4-7-22(25)18(23)2)14-19-5-3-6-20(13-19)16-28/h3-13,28H,14-16H2,1-2H3,(H-,26,29)/p+1. The molecule has 8 heteroatoms. The van der Waals surface area contributed by atoms with Crippen molar-refractivity contribution in [3.8, 4) is 0 Å². The maximum atomic E-state index is 14.2. The van der Waals surface area contributed by atoms with E-state index in [1.807, 2.05) is 6.92 Å². The van der Waals surface area contributed by atoms with Gasteiger partial charge in [0.05, 0.1) is 6.61 Å². The molecule has 0 aliphatic rings. The number of carbonyl (C=O) groups excluding carboxylic acids is 1. The molecule has 1 atom stereocenters. The molecule has 3 rings (SSSR count). The van der Waals surface area contributed by atoms with Crippen molar-refractivity contribution in [2.45, 2.75) is 31.9 Å². The molecule has 0 saturated heterocycles. The van der Waals surface area contributed by atoms with Crippen LogP contribution in [0.4, 0.5) is 5.69 Å². The summed E-state index contributed by atoms with van der Waals surface area (Å²) in [6.45, 7) is 2.84. The lowest BCUT2D eigenvalue weighted by molar-refractivity contribution is -0.118. The third kappa shape index (κ3) is 4.56. The van der Waals surface area contributed by atoms with Crippen LogP contribution in [-0.2, 0) is 28.0 Å². The number of primary amides is 1. The number of benzene rings is 3. The van der Waals surface area contributed by atoms with Gasteiger partial charge in [0.1, 0.15) is 11.4 Å². The normalized spacial score (nSPS) is 13.5. The number of rotatable bonds is 8. The maximum Gasteiger partial charge on any atom is 0.332 e. The van der Waals surface area contributed by atoms with Crippen molar-refractivity contribution in [3.63, 3.8) is 0 Å². The van der Waals surface area contributed by atoms with Crippen LogP contribution in [0.25, 0.3) is 0 Å². The molecule has 0 bridgehead atoms. The number of hydrogen-bond donors (Lipinski definition) is 2. The zero-order chi connectivity index (χ0) is 23.5. The highest BCUT2D eigenvalue weighted by molar-refractivity contribution is 7.91. The number of nitrogens with zero attached hydrogens (tertiary/aromatic N) is 1. The first-order valence-corrected chi connectivity index (χ1v) is 11.8. The predicted octanol–water partition coefficient (Wildman–Crippen LogP) is 3.83. The van der Waals surface area contributed by atoms with Crippen LogP contribution in [0, 0.1) is 13.8 Å². The molecule has 0 fully saturated rings. The molecule has 0 radical (unpaired) electrons. The predicted molar refractivity (Wildman–Crippen MR) is 126 cm³/mol. The van der Waals surface area contributed by atoms with Crippen molar-refractivity contribution in [1.82, 2.24) is 3.89 Å². The molecule has 3 aromatic carbocycles. The highest BCUT2D eigenvalue weighted by Crippen LogP contribution is 2.39. The van der Waals surface area contributed by atoms with Crippen molar-refractivity contribution in [2.24, 2.45) is 5.73 Å². The Kier molecular flexibility index (Phi) is 7.05. The van der Waals surface area contributed by atoms with E-state index in [-0.39, 0.29) is 18.0 Å². The summed E-state index contributed by atoms with van der Waals surface area (Å²) in [5.74, 6) is -0.765. The van der Waals surface area contributed by atoms with Crippen LogP contribution >= 0.6 is 11.6 Å². The Morgan fingerprint density at radius 1 is 1.00 bits per heavy atom. The third-order valence-corrected chi connectivity index (χ3v) is 8.13. The van der Waals surface area contributed by atoms with Gasteiger partial charge in [-0.2, -0.15) is 12.3 Å². The molecule has 0 spiro atoms. The van der Waals surface area contributed by atoms with E-state index in [1.165, 1.54) is 12.1 Å². The number of aryl methyl sites for hydroxylation is 1. The molecule has 0 aliphatic carbocycles. The summed E-state index contributed by atoms with van der Waals surface area (Å²) in [7, 11) is -4.17. The van der Waals surface area contributed by atoms with Crippen molar-refractivity contribution >= 4 is 33.2 Å². The van der Waals surface area contributed by atoms with Gasteiger partial charge in [-0.1, -0.05) is 53.6 Å². The van der Waals surface area contributed by atoms with Crippen LogP contribution in [0.1, 0.15) is 22.3 Å². The molecule has 0 aliphatic heterocycles. The number of aliphatic hydroxyl groups excluding tert-OH is 1. The number of halogens is 1. The summed E-state index contributed by atoms with van der Waals surface area (Å²) in [5, 5.41) is 9.94. The van der Waals surface area contributed by atoms with Gasteiger partial charge in [0.2, 0.25) is 0 Å². The number of hydrogen-bond acceptors (Lipinski definition) is 4. The Bertz CT molecular complexity index is 1240. The molecule has 6 nitrogen and oxygen atoms in total. The van der Waals surface area contributed by atoms with E-state index in [2.05, 4.69) is 0 Å². The van der Waals surface area contributed by atoms with E-state index in [1.54, 1.807) is 61.5 Å². The first-order valence-electron chi connectivity index (χ1n) is 10.0. The van der Waals surface area contributed by atoms with Crippen LogP contribution in [0.3, 0.4) is 0 Å². The SMILES string of the molecule is Cc1ccc(S(=O)(=O)[N+](CC(N)=O)(Cc2cccc(CO)c2)c2cccc(Cl)c2C)cc1. The number of aliphatic hydroxyl groups is 1. The maximum absolute atomic E-state index is 14.2. The number of carbonyl (C=O) groups is 1. The molecular weight excluding hydrogens is 448 g/mol. The summed E-state index contributed by atoms with van der Waals surface area (Å²) in [6.07, 6.45) is 0. The number of amides is 1. The topological polar surface area (TPSA) is 97.5 Å². The van der Waals surface area contributed by atoms with Gasteiger partial charge in [0, 0.05) is 22.2 Å². The molecule has 1 amide bonds. The van der Waals surface area contributed by atoms with Crippen LogP contribution in [0.2, 0.25) is 5.02 Å². The third-order valence-electron chi connectivity index (χ3n) is 5.48. The monoisotopic (exact) mass is 473 g/mol. The molecule has 0 heterocycles. The Labute approximate surface area is 193 Å². The largest absolute Gasteiger partial charge is 0.392 e. The lowest BCUT2D eigenvalue weighted by Gasteiger charge is -2.36. The fourth-order valence-electron chi connectivity index (χ4n) is 3.85. The minimum atomic E-state index is -4.17. The minimum absolute atomic E-state index is 0.0713. The summed E-state index contributed by atoms with van der Waals surface area (Å²) in [4.78, 5) is 12.4. The highest BCUT2D eigenvalue weighted by atomic mass is 35.5. The van der Waals surface area contributed by atoms with Crippen LogP contribution < -0.4 is 9.62 Å². The van der Waals surface area contributed by atoms with Gasteiger partial charge in [-0.05, 0) is 43.7 Å². The fourth-order valence-corrected chi connectivity index (χ4v) is 5.97. The van der Waals surface area contributed by atoms with Crippen molar-refractivity contribution in [3.05, 3.63) is 94.0 Å². The van der Waals surface area contributed by atoms with Crippen molar-refractivity contribution in [2.75, 3.05) is 6.54 Å². The molecule has 0 saturated carbocycles. The quantitative estimate of drug-likeness (QED) is 0.486. The molecule has 3 aromatic rings. The van der Waals surface area contributed by atoms with E-state index in [4.69, 9.17) is 17.3 Å². The fraction of sp³-hybridized carbons (Fsp3) is 0.208. The van der Waals surface area contributed by atoms with Crippen LogP contribution in [0.15, 0.2) is 71.6 Å². The lowest BCUT2D eigenvalue weighted by atomic mass is 10.1. The van der Waals surface area contributed by atoms with E-state index in [0.717, 1.165) is 5.56 Å². The Morgan fingerprint density at radius 3 is 2.25 bits per heavy atom. The van der Waals surface area contributed by atoms with Crippen molar-refractivity contribution < 1.29 is 18.3 Å². The highest BCUT2D eigenvalue weighted by Gasteiger charge is 2.48. The summed E-state index contributed by atoms with van der Waals surface area (Å²) >= 11 is 6.37. The van der Waals surface area contributed by atoms with E-state index < -0.39 is 26.4 Å². The molecule has 3 N–H and O–H groups in total. The zero-order valence-corrected chi connectivity index (χ0v) is 19.5. The van der Waals surface area contributed by atoms with E-state index in [9.17, 15) is 18.3 Å². The van der Waals surface area contributed by atoms with E-state index in [0.29, 0.717) is 27.4 Å². The van der Waals surface area contributed by atoms with Gasteiger partial charge in [0.25, 0.3) is 5.91 Å². The Hall–Kier alpha value is -2.71. The van der Waals surface area contributed by atoms with Gasteiger partial charge >= 0.3 is 10.0 Å². The van der Waals surface area contributed by atoms with Crippen molar-refractivity contribution in [1.29, 1.82) is 0 Å². The second-order valence-electron chi connectivity index (χ2n) is 7.82. The first kappa shape index (κ1) is 23.9. The van der Waals surface area contributed by atoms with Gasteiger partial charge in [0.15, 0.2) is 12.2 Å². The van der Waals surface area contributed by atoms with Gasteiger partial charge in [-0.25, -0.2) is 0 Å². The smallest absolute Gasteiger partial charge is 0.332 e. The second kappa shape index (κ2) is 9.42. The van der Waals surface area contributed by atoms with Gasteiger partial charge < -0.3 is 10.8 Å². The zero-order valence-electron chi connectivity index (χ0n) is 18.0. The van der Waals surface area contributed by atoms with Gasteiger partial charge in [-0.15, -0.1) is 0 Å². The van der Waals surface area contributed by atoms with Crippen LogP contribution in [0.5, 0.6) is 0 Å². The molecule has 168 valence electrons. The summed E-state index contributed by atoms with van der Waals surface area (Å²) < 4.78 is 27.6. The molecule has 0 aromatic heterocycles. The number of nitrogens with two attached hydrogens (primary N) is 1. The number of quaternary nitrogens is 1. The molecule has 1 unspecified atom stereocenters. The Morgan fingerprint density at radius 2 is 1.62 bits per heavy atom. The lowest BCUT2D eigenvalue weighted by Crippen LogP contribution is -2.57. The average molecular weight is 474 g/mol. The van der Waals surface area contributed by atoms with Gasteiger partial charge in [-0.3, -0.25) is 4.79 Å². The summed E-state index contributed by atoms with van der Waals surface area (Å²) in [5.41, 5.74) is 8.71. The second-order valence-corrected chi connectivity index (χ2v) is 10.3. The average Bonchev–Trinajstić information content (AvgIpc) is 2.75. The number of sulfonamides is 1. The minimum Gasteiger partial charge on any atom is -0.392 e. The Balaban J connectivity index is 2.36. The molecule has 32 heavy (non-hydrogen) atoms.